The minimum absolute atomic E-state index is 0.0804. The lowest BCUT2D eigenvalue weighted by atomic mass is 10.1. The van der Waals surface area contributed by atoms with Crippen LogP contribution in [0.2, 0.25) is 0 Å². The maximum absolute atomic E-state index is 12.8. The van der Waals surface area contributed by atoms with Crippen molar-refractivity contribution in [3.05, 3.63) is 38.9 Å². The molecule has 132 valence electrons. The second-order valence-corrected chi connectivity index (χ2v) is 6.52. The molecule has 8 heteroatoms. The van der Waals surface area contributed by atoms with Crippen molar-refractivity contribution in [2.45, 2.75) is 46.2 Å². The summed E-state index contributed by atoms with van der Waals surface area (Å²) in [5.74, 6) is 0.293. The van der Waals surface area contributed by atoms with Crippen molar-refractivity contribution < 1.29 is 4.79 Å². The molecule has 7 nitrogen and oxygen atoms in total. The molecule has 0 radical (unpaired) electrons. The number of carbonyl (C=O) groups is 1. The molecular weight excluding hydrogens is 338 g/mol. The van der Waals surface area contributed by atoms with Crippen LogP contribution >= 0.6 is 12.2 Å². The van der Waals surface area contributed by atoms with Crippen LogP contribution < -0.4 is 10.9 Å². The molecule has 1 aromatic carbocycles. The van der Waals surface area contributed by atoms with E-state index in [1.807, 2.05) is 20.8 Å². The lowest BCUT2D eigenvalue weighted by Crippen LogP contribution is -2.32. The van der Waals surface area contributed by atoms with Crippen molar-refractivity contribution in [3.8, 4) is 0 Å². The molecular formula is C17H21N5O2S. The Morgan fingerprint density at radius 3 is 2.84 bits per heavy atom. The van der Waals surface area contributed by atoms with Gasteiger partial charge in [0.1, 0.15) is 0 Å². The lowest BCUT2D eigenvalue weighted by Gasteiger charge is -2.13. The SMILES string of the molecule is CCCn1c(=O)c2ccc(C(=O)N[C@H](C)CC)cc2n2c(=S)[nH]nc12. The topological polar surface area (TPSA) is 84.2 Å². The smallest absolute Gasteiger partial charge is 0.262 e. The number of hydrogen-bond donors (Lipinski definition) is 2. The Kier molecular flexibility index (Phi) is 4.71. The van der Waals surface area contributed by atoms with Crippen LogP contribution in [0.15, 0.2) is 23.0 Å². The third-order valence-corrected chi connectivity index (χ3v) is 4.58. The van der Waals surface area contributed by atoms with E-state index in [4.69, 9.17) is 12.2 Å². The van der Waals surface area contributed by atoms with E-state index in [2.05, 4.69) is 15.5 Å². The number of fused-ring (bicyclic) bond motifs is 3. The predicted molar refractivity (Wildman–Crippen MR) is 99.7 cm³/mol. The molecule has 0 bridgehead atoms. The Morgan fingerprint density at radius 2 is 2.16 bits per heavy atom. The van der Waals surface area contributed by atoms with Crippen molar-refractivity contribution in [2.75, 3.05) is 0 Å². The van der Waals surface area contributed by atoms with Crippen LogP contribution in [0, 0.1) is 4.77 Å². The zero-order valence-corrected chi connectivity index (χ0v) is 15.3. The summed E-state index contributed by atoms with van der Waals surface area (Å²) in [6.45, 7) is 6.51. The van der Waals surface area contributed by atoms with Crippen molar-refractivity contribution in [2.24, 2.45) is 0 Å². The molecule has 3 aromatic rings. The molecule has 0 saturated carbocycles. The van der Waals surface area contributed by atoms with Crippen LogP contribution in [0.5, 0.6) is 0 Å². The number of amides is 1. The first-order valence-corrected chi connectivity index (χ1v) is 8.83. The highest BCUT2D eigenvalue weighted by atomic mass is 32.1. The second kappa shape index (κ2) is 6.79. The zero-order valence-electron chi connectivity index (χ0n) is 14.5. The number of hydrogen-bond acceptors (Lipinski definition) is 4. The number of benzene rings is 1. The number of aromatic nitrogens is 4. The van der Waals surface area contributed by atoms with Crippen LogP contribution in [0.1, 0.15) is 44.0 Å². The van der Waals surface area contributed by atoms with E-state index in [1.165, 1.54) is 0 Å². The highest BCUT2D eigenvalue weighted by Crippen LogP contribution is 2.16. The van der Waals surface area contributed by atoms with Crippen LogP contribution in [0.25, 0.3) is 16.7 Å². The maximum Gasteiger partial charge on any atom is 0.262 e. The van der Waals surface area contributed by atoms with Gasteiger partial charge in [0, 0.05) is 18.2 Å². The van der Waals surface area contributed by atoms with Crippen LogP contribution in [0.3, 0.4) is 0 Å². The van der Waals surface area contributed by atoms with Gasteiger partial charge in [0.25, 0.3) is 11.5 Å². The summed E-state index contributed by atoms with van der Waals surface area (Å²) in [5, 5.41) is 10.4. The minimum Gasteiger partial charge on any atom is -0.350 e. The molecule has 1 atom stereocenters. The van der Waals surface area contributed by atoms with Gasteiger partial charge < -0.3 is 5.32 Å². The van der Waals surface area contributed by atoms with Gasteiger partial charge in [-0.15, -0.1) is 5.10 Å². The van der Waals surface area contributed by atoms with Crippen molar-refractivity contribution in [1.29, 1.82) is 0 Å². The first-order chi connectivity index (χ1) is 12.0. The molecule has 3 rings (SSSR count). The molecule has 0 aliphatic rings. The first-order valence-electron chi connectivity index (χ1n) is 8.42. The average Bonchev–Trinajstić information content (AvgIpc) is 2.99. The monoisotopic (exact) mass is 359 g/mol. The predicted octanol–water partition coefficient (Wildman–Crippen LogP) is 2.65. The fourth-order valence-corrected chi connectivity index (χ4v) is 3.02. The molecule has 0 unspecified atom stereocenters. The molecule has 2 N–H and O–H groups in total. The Morgan fingerprint density at radius 1 is 1.40 bits per heavy atom. The quantitative estimate of drug-likeness (QED) is 0.686. The molecule has 25 heavy (non-hydrogen) atoms. The molecule has 2 heterocycles. The van der Waals surface area contributed by atoms with Crippen molar-refractivity contribution in [3.63, 3.8) is 0 Å². The number of rotatable bonds is 5. The normalized spacial score (nSPS) is 12.6. The van der Waals surface area contributed by atoms with Gasteiger partial charge in [-0.2, -0.15) is 0 Å². The van der Waals surface area contributed by atoms with Gasteiger partial charge in [-0.05, 0) is 50.2 Å². The Labute approximate surface area is 149 Å². The fourth-order valence-electron chi connectivity index (χ4n) is 2.80. The van der Waals surface area contributed by atoms with E-state index in [0.717, 1.165) is 12.8 Å². The van der Waals surface area contributed by atoms with Gasteiger partial charge >= 0.3 is 0 Å². The van der Waals surface area contributed by atoms with Gasteiger partial charge in [-0.3, -0.25) is 18.6 Å². The molecule has 0 saturated heterocycles. The van der Waals surface area contributed by atoms with E-state index in [-0.39, 0.29) is 17.5 Å². The van der Waals surface area contributed by atoms with E-state index in [0.29, 0.717) is 33.6 Å². The number of aryl methyl sites for hydroxylation is 1. The van der Waals surface area contributed by atoms with Crippen LogP contribution in [0.4, 0.5) is 0 Å². The van der Waals surface area contributed by atoms with Gasteiger partial charge in [0.15, 0.2) is 0 Å². The van der Waals surface area contributed by atoms with E-state index in [9.17, 15) is 9.59 Å². The molecule has 0 aliphatic heterocycles. The summed E-state index contributed by atoms with van der Waals surface area (Å²) in [5.41, 5.74) is 0.944. The number of carbonyl (C=O) groups excluding carboxylic acids is 1. The maximum atomic E-state index is 12.8. The highest BCUT2D eigenvalue weighted by molar-refractivity contribution is 7.71. The van der Waals surface area contributed by atoms with Crippen molar-refractivity contribution in [1.82, 2.24) is 24.5 Å². The third kappa shape index (κ3) is 2.97. The average molecular weight is 359 g/mol. The molecule has 0 fully saturated rings. The summed E-state index contributed by atoms with van der Waals surface area (Å²) in [4.78, 5) is 25.2. The van der Waals surface area contributed by atoms with E-state index >= 15 is 0 Å². The summed E-state index contributed by atoms with van der Waals surface area (Å²) in [7, 11) is 0. The van der Waals surface area contributed by atoms with Crippen LogP contribution in [-0.4, -0.2) is 31.1 Å². The lowest BCUT2D eigenvalue weighted by molar-refractivity contribution is 0.0939. The summed E-state index contributed by atoms with van der Waals surface area (Å²) < 4.78 is 3.71. The molecule has 1 amide bonds. The van der Waals surface area contributed by atoms with Crippen LogP contribution in [-0.2, 0) is 6.54 Å². The number of nitrogens with one attached hydrogen (secondary N) is 2. The summed E-state index contributed by atoms with van der Waals surface area (Å²) in [6, 6.07) is 5.14. The largest absolute Gasteiger partial charge is 0.350 e. The molecule has 0 spiro atoms. The third-order valence-electron chi connectivity index (χ3n) is 4.31. The van der Waals surface area contributed by atoms with Gasteiger partial charge in [0.2, 0.25) is 10.5 Å². The number of H-pyrrole nitrogens is 1. The molecule has 2 aromatic heterocycles. The van der Waals surface area contributed by atoms with E-state index in [1.54, 1.807) is 27.2 Å². The fraction of sp³-hybridized carbons (Fsp3) is 0.412. The number of aromatic amines is 1. The Balaban J connectivity index is 2.26. The van der Waals surface area contributed by atoms with Gasteiger partial charge in [0.05, 0.1) is 10.9 Å². The summed E-state index contributed by atoms with van der Waals surface area (Å²) in [6.07, 6.45) is 1.65. The van der Waals surface area contributed by atoms with Crippen molar-refractivity contribution >= 4 is 34.8 Å². The number of nitrogens with zero attached hydrogens (tertiary/aromatic N) is 3. The first kappa shape index (κ1) is 17.3. The zero-order chi connectivity index (χ0) is 18.1. The summed E-state index contributed by atoms with van der Waals surface area (Å²) >= 11 is 5.33. The Bertz CT molecular complexity index is 1060. The van der Waals surface area contributed by atoms with Gasteiger partial charge in [-0.25, -0.2) is 5.10 Å². The second-order valence-electron chi connectivity index (χ2n) is 6.14. The highest BCUT2D eigenvalue weighted by Gasteiger charge is 2.16. The molecule has 0 aliphatic carbocycles. The van der Waals surface area contributed by atoms with E-state index < -0.39 is 0 Å². The minimum atomic E-state index is -0.169. The van der Waals surface area contributed by atoms with Gasteiger partial charge in [-0.1, -0.05) is 13.8 Å². The Hall–Kier alpha value is -2.48. The standard InChI is InChI=1S/C17H21N5O2S/c1-4-8-21-15(24)12-7-6-11(14(23)18-10(3)5-2)9-13(12)22-16(21)19-20-17(22)25/h6-7,9-10H,4-5,8H2,1-3H3,(H,18,23)(H,20,25)/t10-/m1/s1.